The van der Waals surface area contributed by atoms with Gasteiger partial charge in [-0.3, -0.25) is 9.59 Å². The summed E-state index contributed by atoms with van der Waals surface area (Å²) in [4.78, 5) is 23.9. The minimum absolute atomic E-state index is 0.0393. The molecule has 2 aromatic rings. The molecule has 31 heavy (non-hydrogen) atoms. The Bertz CT molecular complexity index is 1010. The minimum atomic E-state index is -0.526. The molecule has 2 aromatic carbocycles. The maximum absolute atomic E-state index is 12.5. The van der Waals surface area contributed by atoms with Gasteiger partial charge in [-0.15, -0.1) is 0 Å². The Morgan fingerprint density at radius 1 is 1.13 bits per heavy atom. The van der Waals surface area contributed by atoms with Crippen LogP contribution in [0.1, 0.15) is 55.5 Å². The first-order valence-electron chi connectivity index (χ1n) is 10.5. The normalized spacial score (nSPS) is 14.0. The number of anilines is 1. The van der Waals surface area contributed by atoms with Crippen LogP contribution in [-0.2, 0) is 4.79 Å². The van der Waals surface area contributed by atoms with Gasteiger partial charge in [0, 0.05) is 11.3 Å². The molecule has 0 spiro atoms. The van der Waals surface area contributed by atoms with Gasteiger partial charge >= 0.3 is 0 Å². The van der Waals surface area contributed by atoms with Crippen molar-refractivity contribution in [2.24, 2.45) is 0 Å². The number of ketones is 1. The molecule has 0 radical (unpaired) electrons. The quantitative estimate of drug-likeness (QED) is 0.364. The van der Waals surface area contributed by atoms with Crippen molar-refractivity contribution in [2.75, 3.05) is 11.9 Å². The number of hydrogen-bond donors (Lipinski definition) is 1. The largest absolute Gasteiger partial charge is 0.490 e. The summed E-state index contributed by atoms with van der Waals surface area (Å²) < 4.78 is 11.8. The molecule has 1 saturated carbocycles. The zero-order chi connectivity index (χ0) is 22.2. The summed E-state index contributed by atoms with van der Waals surface area (Å²) in [5, 5.41) is 12.2. The molecule has 160 valence electrons. The van der Waals surface area contributed by atoms with E-state index in [1.807, 2.05) is 19.1 Å². The number of nitrogens with zero attached hydrogens (tertiary/aromatic N) is 1. The second kappa shape index (κ2) is 10.4. The Labute approximate surface area is 182 Å². The van der Waals surface area contributed by atoms with E-state index in [1.165, 1.54) is 25.8 Å². The molecule has 0 atom stereocenters. The number of nitriles is 1. The van der Waals surface area contributed by atoms with Crippen LogP contribution >= 0.6 is 0 Å². The molecule has 0 saturated heterocycles. The van der Waals surface area contributed by atoms with Crippen LogP contribution in [0.3, 0.4) is 0 Å². The maximum atomic E-state index is 12.5. The number of rotatable bonds is 8. The number of carbonyl (C=O) groups is 2. The number of carbonyl (C=O) groups excluding carboxylic acids is 2. The van der Waals surface area contributed by atoms with Crippen molar-refractivity contribution >= 4 is 23.5 Å². The van der Waals surface area contributed by atoms with Gasteiger partial charge in [-0.1, -0.05) is 6.07 Å². The molecule has 6 heteroatoms. The average Bonchev–Trinajstić information content (AvgIpc) is 3.27. The highest BCUT2D eigenvalue weighted by atomic mass is 16.5. The standard InChI is InChI=1S/C25H26N2O4/c1-3-30-24-15-18(8-13-23(24)31-22-6-4-5-7-22)14-20(16-26)25(29)27-21-11-9-19(10-12-21)17(2)28/h8-15,22H,3-7H2,1-2H3,(H,27,29)/b20-14+. The first kappa shape index (κ1) is 22.1. The van der Waals surface area contributed by atoms with Gasteiger partial charge in [-0.05, 0) is 87.6 Å². The fourth-order valence-electron chi connectivity index (χ4n) is 3.47. The third kappa shape index (κ3) is 5.95. The van der Waals surface area contributed by atoms with E-state index in [1.54, 1.807) is 36.4 Å². The Kier molecular flexibility index (Phi) is 7.45. The Hall–Kier alpha value is -3.59. The summed E-state index contributed by atoms with van der Waals surface area (Å²) in [6, 6.07) is 13.9. The van der Waals surface area contributed by atoms with Crippen LogP contribution in [-0.4, -0.2) is 24.4 Å². The molecule has 0 unspecified atom stereocenters. The summed E-state index contributed by atoms with van der Waals surface area (Å²) in [6.45, 7) is 3.86. The molecule has 0 bridgehead atoms. The molecule has 0 heterocycles. The summed E-state index contributed by atoms with van der Waals surface area (Å²) in [7, 11) is 0. The Balaban J connectivity index is 1.76. The fraction of sp³-hybridized carbons (Fsp3) is 0.320. The van der Waals surface area contributed by atoms with Crippen LogP contribution in [0.5, 0.6) is 11.5 Å². The molecule has 1 aliphatic rings. The zero-order valence-electron chi connectivity index (χ0n) is 17.8. The second-order valence-corrected chi connectivity index (χ2v) is 7.42. The maximum Gasteiger partial charge on any atom is 0.266 e. The SMILES string of the molecule is CCOc1cc(/C=C(\C#N)C(=O)Nc2ccc(C(C)=O)cc2)ccc1OC1CCCC1. The van der Waals surface area contributed by atoms with Gasteiger partial charge in [-0.25, -0.2) is 0 Å². The molecule has 1 fully saturated rings. The topological polar surface area (TPSA) is 88.4 Å². The highest BCUT2D eigenvalue weighted by Crippen LogP contribution is 2.33. The third-order valence-electron chi connectivity index (χ3n) is 5.09. The molecule has 0 aromatic heterocycles. The second-order valence-electron chi connectivity index (χ2n) is 7.42. The summed E-state index contributed by atoms with van der Waals surface area (Å²) in [5.41, 5.74) is 1.69. The molecule has 0 aliphatic heterocycles. The Morgan fingerprint density at radius 2 is 1.84 bits per heavy atom. The van der Waals surface area contributed by atoms with Crippen LogP contribution in [0.2, 0.25) is 0 Å². The lowest BCUT2D eigenvalue weighted by molar-refractivity contribution is -0.112. The Morgan fingerprint density at radius 3 is 2.45 bits per heavy atom. The van der Waals surface area contributed by atoms with Gasteiger partial charge in [0.2, 0.25) is 0 Å². The van der Waals surface area contributed by atoms with E-state index in [4.69, 9.17) is 9.47 Å². The lowest BCUT2D eigenvalue weighted by Crippen LogP contribution is -2.13. The number of benzene rings is 2. The van der Waals surface area contributed by atoms with E-state index < -0.39 is 5.91 Å². The predicted octanol–water partition coefficient (Wildman–Crippen LogP) is 5.15. The van der Waals surface area contributed by atoms with E-state index in [2.05, 4.69) is 5.32 Å². The summed E-state index contributed by atoms with van der Waals surface area (Å²) >= 11 is 0. The van der Waals surface area contributed by atoms with E-state index in [9.17, 15) is 14.9 Å². The number of hydrogen-bond acceptors (Lipinski definition) is 5. The van der Waals surface area contributed by atoms with Gasteiger partial charge in [-0.2, -0.15) is 5.26 Å². The van der Waals surface area contributed by atoms with Gasteiger partial charge in [0.05, 0.1) is 12.7 Å². The van der Waals surface area contributed by atoms with Gasteiger partial charge in [0.25, 0.3) is 5.91 Å². The first-order chi connectivity index (χ1) is 15.0. The monoisotopic (exact) mass is 418 g/mol. The van der Waals surface area contributed by atoms with Crippen molar-refractivity contribution in [3.63, 3.8) is 0 Å². The molecule has 1 N–H and O–H groups in total. The van der Waals surface area contributed by atoms with E-state index >= 15 is 0 Å². The van der Waals surface area contributed by atoms with Crippen molar-refractivity contribution in [1.29, 1.82) is 5.26 Å². The summed E-state index contributed by atoms with van der Waals surface area (Å²) in [6.07, 6.45) is 6.15. The minimum Gasteiger partial charge on any atom is -0.490 e. The van der Waals surface area contributed by atoms with Crippen molar-refractivity contribution in [2.45, 2.75) is 45.6 Å². The molecule has 1 aliphatic carbocycles. The van der Waals surface area contributed by atoms with Gasteiger partial charge in [0.1, 0.15) is 11.6 Å². The number of ether oxygens (including phenoxy) is 2. The van der Waals surface area contributed by atoms with E-state index in [0.717, 1.165) is 12.8 Å². The highest BCUT2D eigenvalue weighted by Gasteiger charge is 2.19. The average molecular weight is 418 g/mol. The van der Waals surface area contributed by atoms with Crippen LogP contribution < -0.4 is 14.8 Å². The van der Waals surface area contributed by atoms with Crippen LogP contribution in [0, 0.1) is 11.3 Å². The van der Waals surface area contributed by atoms with E-state index in [0.29, 0.717) is 34.9 Å². The van der Waals surface area contributed by atoms with Crippen LogP contribution in [0.4, 0.5) is 5.69 Å². The van der Waals surface area contributed by atoms with Gasteiger partial charge < -0.3 is 14.8 Å². The van der Waals surface area contributed by atoms with Crippen molar-refractivity contribution in [1.82, 2.24) is 0 Å². The first-order valence-corrected chi connectivity index (χ1v) is 10.5. The highest BCUT2D eigenvalue weighted by molar-refractivity contribution is 6.09. The van der Waals surface area contributed by atoms with Crippen LogP contribution in [0.25, 0.3) is 6.08 Å². The van der Waals surface area contributed by atoms with Crippen molar-refractivity contribution in [3.8, 4) is 17.6 Å². The number of nitrogens with one attached hydrogen (secondary N) is 1. The van der Waals surface area contributed by atoms with E-state index in [-0.39, 0.29) is 17.5 Å². The lowest BCUT2D eigenvalue weighted by atomic mass is 10.1. The lowest BCUT2D eigenvalue weighted by Gasteiger charge is -2.17. The van der Waals surface area contributed by atoms with Crippen molar-refractivity contribution in [3.05, 3.63) is 59.2 Å². The molecular weight excluding hydrogens is 392 g/mol. The fourth-order valence-corrected chi connectivity index (χ4v) is 3.47. The van der Waals surface area contributed by atoms with Gasteiger partial charge in [0.15, 0.2) is 17.3 Å². The van der Waals surface area contributed by atoms with Crippen LogP contribution in [0.15, 0.2) is 48.0 Å². The number of amides is 1. The third-order valence-corrected chi connectivity index (χ3v) is 5.09. The molecule has 3 rings (SSSR count). The predicted molar refractivity (Wildman–Crippen MR) is 119 cm³/mol. The zero-order valence-corrected chi connectivity index (χ0v) is 17.8. The van der Waals surface area contributed by atoms with Crippen molar-refractivity contribution < 1.29 is 19.1 Å². The molecular formula is C25H26N2O4. The summed E-state index contributed by atoms with van der Waals surface area (Å²) in [5.74, 6) is 0.698. The molecule has 1 amide bonds. The molecule has 6 nitrogen and oxygen atoms in total. The number of Topliss-reactive ketones (excluding diaryl/α,β-unsaturated/α-hetero) is 1. The smallest absolute Gasteiger partial charge is 0.266 e.